The molecule has 2 heterocycles. The molecular weight excluding hydrogens is 449 g/mol. The minimum atomic E-state index is -4.60. The van der Waals surface area contributed by atoms with Crippen LogP contribution in [0.15, 0.2) is 18.2 Å². The van der Waals surface area contributed by atoms with Crippen molar-refractivity contribution < 1.29 is 27.5 Å². The summed E-state index contributed by atoms with van der Waals surface area (Å²) in [5.41, 5.74) is -0.881. The van der Waals surface area contributed by atoms with E-state index in [2.05, 4.69) is 5.32 Å². The number of benzene rings is 1. The second-order valence-electron chi connectivity index (χ2n) is 8.76. The number of carbonyl (C=O) groups is 2. The van der Waals surface area contributed by atoms with Crippen molar-refractivity contribution in [2.24, 2.45) is 17.8 Å². The molecule has 0 saturated carbocycles. The van der Waals surface area contributed by atoms with Gasteiger partial charge in [0.1, 0.15) is 6.61 Å². The van der Waals surface area contributed by atoms with Crippen molar-refractivity contribution in [1.82, 2.24) is 10.2 Å². The van der Waals surface area contributed by atoms with E-state index in [1.165, 1.54) is 6.07 Å². The SMILES string of the molecule is CCNC(=O)[C@@H]1CN(C(=O)COCC)C[C@H]1C1CCN(c2ccc(C#N)c(C(F)(F)F)c2)CC1. The monoisotopic (exact) mass is 480 g/mol. The fourth-order valence-electron chi connectivity index (χ4n) is 5.02. The number of rotatable bonds is 7. The second-order valence-corrected chi connectivity index (χ2v) is 8.76. The number of hydrogen-bond acceptors (Lipinski definition) is 5. The fourth-order valence-corrected chi connectivity index (χ4v) is 5.02. The third kappa shape index (κ3) is 5.81. The Morgan fingerprint density at radius 2 is 1.91 bits per heavy atom. The van der Waals surface area contributed by atoms with E-state index in [0.29, 0.717) is 57.9 Å². The van der Waals surface area contributed by atoms with Crippen molar-refractivity contribution in [3.8, 4) is 6.07 Å². The number of likely N-dealkylation sites (tertiary alicyclic amines) is 1. The zero-order valence-corrected chi connectivity index (χ0v) is 19.5. The van der Waals surface area contributed by atoms with Crippen LogP contribution in [0.25, 0.3) is 0 Å². The number of nitriles is 1. The van der Waals surface area contributed by atoms with Crippen LogP contribution >= 0.6 is 0 Å². The summed E-state index contributed by atoms with van der Waals surface area (Å²) in [6, 6.07) is 5.42. The maximum absolute atomic E-state index is 13.4. The highest BCUT2D eigenvalue weighted by Crippen LogP contribution is 2.39. The zero-order valence-electron chi connectivity index (χ0n) is 19.5. The van der Waals surface area contributed by atoms with E-state index in [9.17, 15) is 22.8 Å². The lowest BCUT2D eigenvalue weighted by Crippen LogP contribution is -2.41. The lowest BCUT2D eigenvalue weighted by Gasteiger charge is -2.37. The van der Waals surface area contributed by atoms with Crippen LogP contribution < -0.4 is 10.2 Å². The van der Waals surface area contributed by atoms with Crippen LogP contribution in [-0.4, -0.2) is 62.7 Å². The van der Waals surface area contributed by atoms with Gasteiger partial charge in [-0.3, -0.25) is 9.59 Å². The van der Waals surface area contributed by atoms with E-state index in [-0.39, 0.29) is 36.2 Å². The summed E-state index contributed by atoms with van der Waals surface area (Å²) in [5.74, 6) is -0.342. The Bertz CT molecular complexity index is 923. The van der Waals surface area contributed by atoms with Gasteiger partial charge in [-0.1, -0.05) is 0 Å². The van der Waals surface area contributed by atoms with Crippen molar-refractivity contribution in [1.29, 1.82) is 5.26 Å². The maximum atomic E-state index is 13.4. The third-order valence-electron chi connectivity index (χ3n) is 6.77. The predicted molar refractivity (Wildman–Crippen MR) is 120 cm³/mol. The standard InChI is InChI=1S/C24H31F3N4O3/c1-3-29-23(33)20-14-31(22(32)15-34-4-2)13-19(20)16-7-9-30(10-8-16)18-6-5-17(12-28)21(11-18)24(25,26)27/h5-6,11,16,19-20H,3-4,7-10,13-15H2,1-2H3,(H,29,33)/t19-,20+/m0/s1. The Morgan fingerprint density at radius 3 is 2.50 bits per heavy atom. The first kappa shape index (κ1) is 25.8. The maximum Gasteiger partial charge on any atom is 0.417 e. The Morgan fingerprint density at radius 1 is 1.21 bits per heavy atom. The van der Waals surface area contributed by atoms with Gasteiger partial charge in [-0.05, 0) is 56.7 Å². The molecule has 2 saturated heterocycles. The summed E-state index contributed by atoms with van der Waals surface area (Å²) in [4.78, 5) is 28.8. The molecule has 34 heavy (non-hydrogen) atoms. The van der Waals surface area contributed by atoms with Gasteiger partial charge < -0.3 is 19.9 Å². The summed E-state index contributed by atoms with van der Waals surface area (Å²) in [6.07, 6.45) is -3.19. The average molecular weight is 481 g/mol. The molecule has 1 aromatic rings. The van der Waals surface area contributed by atoms with Gasteiger partial charge in [0.2, 0.25) is 11.8 Å². The zero-order chi connectivity index (χ0) is 24.9. The molecule has 2 fully saturated rings. The molecule has 10 heteroatoms. The summed E-state index contributed by atoms with van der Waals surface area (Å²) >= 11 is 0. The molecule has 0 radical (unpaired) electrons. The van der Waals surface area contributed by atoms with E-state index < -0.39 is 17.3 Å². The molecule has 0 bridgehead atoms. The molecule has 2 amide bonds. The predicted octanol–water partition coefficient (Wildman–Crippen LogP) is 3.04. The van der Waals surface area contributed by atoms with Crippen molar-refractivity contribution in [3.63, 3.8) is 0 Å². The summed E-state index contributed by atoms with van der Waals surface area (Å²) in [7, 11) is 0. The molecule has 0 spiro atoms. The van der Waals surface area contributed by atoms with Crippen LogP contribution in [-0.2, 0) is 20.5 Å². The van der Waals surface area contributed by atoms with Crippen molar-refractivity contribution in [2.75, 3.05) is 50.8 Å². The van der Waals surface area contributed by atoms with Crippen LogP contribution in [0.1, 0.15) is 37.8 Å². The summed E-state index contributed by atoms with van der Waals surface area (Å²) in [6.45, 7) is 6.52. The highest BCUT2D eigenvalue weighted by atomic mass is 19.4. The molecule has 2 aliphatic rings. The molecule has 7 nitrogen and oxygen atoms in total. The Balaban J connectivity index is 1.70. The van der Waals surface area contributed by atoms with Crippen molar-refractivity contribution >= 4 is 17.5 Å². The molecule has 186 valence electrons. The molecular formula is C24H31F3N4O3. The number of carbonyl (C=O) groups excluding carboxylic acids is 2. The first-order chi connectivity index (χ1) is 16.2. The Labute approximate surface area is 197 Å². The minimum Gasteiger partial charge on any atom is -0.372 e. The van der Waals surface area contributed by atoms with Crippen LogP contribution in [0.2, 0.25) is 0 Å². The number of amides is 2. The van der Waals surface area contributed by atoms with Crippen LogP contribution in [0.4, 0.5) is 18.9 Å². The van der Waals surface area contributed by atoms with E-state index in [4.69, 9.17) is 10.00 Å². The minimum absolute atomic E-state index is 0.00835. The number of halogens is 3. The molecule has 0 unspecified atom stereocenters. The summed E-state index contributed by atoms with van der Waals surface area (Å²) < 4.78 is 45.3. The number of alkyl halides is 3. The molecule has 2 atom stereocenters. The number of piperidine rings is 1. The van der Waals surface area contributed by atoms with E-state index in [1.54, 1.807) is 17.0 Å². The largest absolute Gasteiger partial charge is 0.417 e. The van der Waals surface area contributed by atoms with Gasteiger partial charge in [0.15, 0.2) is 0 Å². The van der Waals surface area contributed by atoms with Crippen molar-refractivity contribution in [2.45, 2.75) is 32.9 Å². The number of nitrogens with one attached hydrogen (secondary N) is 1. The lowest BCUT2D eigenvalue weighted by molar-refractivity contribution is -0.138. The Hall–Kier alpha value is -2.80. The molecule has 0 aromatic heterocycles. The Kier molecular flexibility index (Phi) is 8.42. The quantitative estimate of drug-likeness (QED) is 0.649. The van der Waals surface area contributed by atoms with Gasteiger partial charge >= 0.3 is 6.18 Å². The summed E-state index contributed by atoms with van der Waals surface area (Å²) in [5, 5.41) is 11.9. The van der Waals surface area contributed by atoms with Crippen LogP contribution in [0, 0.1) is 29.1 Å². The van der Waals surface area contributed by atoms with E-state index in [1.807, 2.05) is 18.7 Å². The highest BCUT2D eigenvalue weighted by molar-refractivity contribution is 5.83. The average Bonchev–Trinajstić information content (AvgIpc) is 3.27. The van der Waals surface area contributed by atoms with Gasteiger partial charge in [-0.25, -0.2) is 0 Å². The number of ether oxygens (including phenoxy) is 1. The molecule has 1 aromatic carbocycles. The first-order valence-electron chi connectivity index (χ1n) is 11.7. The fraction of sp³-hybridized carbons (Fsp3) is 0.625. The second kappa shape index (κ2) is 11.1. The van der Waals surface area contributed by atoms with Gasteiger partial charge in [0, 0.05) is 45.0 Å². The normalized spacial score (nSPS) is 21.4. The third-order valence-corrected chi connectivity index (χ3v) is 6.77. The van der Waals surface area contributed by atoms with Crippen molar-refractivity contribution in [3.05, 3.63) is 29.3 Å². The number of anilines is 1. The van der Waals surface area contributed by atoms with Gasteiger partial charge in [-0.15, -0.1) is 0 Å². The van der Waals surface area contributed by atoms with Gasteiger partial charge in [0.05, 0.1) is 23.1 Å². The molecule has 2 aliphatic heterocycles. The lowest BCUT2D eigenvalue weighted by atomic mass is 9.78. The van der Waals surface area contributed by atoms with E-state index >= 15 is 0 Å². The van der Waals surface area contributed by atoms with Crippen LogP contribution in [0.3, 0.4) is 0 Å². The van der Waals surface area contributed by atoms with Gasteiger partial charge in [-0.2, -0.15) is 18.4 Å². The van der Waals surface area contributed by atoms with Gasteiger partial charge in [0.25, 0.3) is 0 Å². The molecule has 0 aliphatic carbocycles. The van der Waals surface area contributed by atoms with E-state index in [0.717, 1.165) is 6.07 Å². The van der Waals surface area contributed by atoms with Crippen LogP contribution in [0.5, 0.6) is 0 Å². The first-order valence-corrected chi connectivity index (χ1v) is 11.7. The molecule has 1 N–H and O–H groups in total. The topological polar surface area (TPSA) is 85.7 Å². The highest BCUT2D eigenvalue weighted by Gasteiger charge is 2.44. The molecule has 3 rings (SSSR count). The smallest absolute Gasteiger partial charge is 0.372 e. The number of nitrogens with zero attached hydrogens (tertiary/aromatic N) is 3. The number of hydrogen-bond donors (Lipinski definition) is 1.